The van der Waals surface area contributed by atoms with Crippen molar-refractivity contribution >= 4 is 11.6 Å². The van der Waals surface area contributed by atoms with E-state index in [0.29, 0.717) is 17.3 Å². The lowest BCUT2D eigenvalue weighted by atomic mass is 10.0. The van der Waals surface area contributed by atoms with Crippen LogP contribution in [0.25, 0.3) is 0 Å². The maximum atomic E-state index is 12.4. The molecule has 1 fully saturated rings. The highest BCUT2D eigenvalue weighted by Gasteiger charge is 2.25. The van der Waals surface area contributed by atoms with Crippen LogP contribution in [0.15, 0.2) is 18.2 Å². The van der Waals surface area contributed by atoms with Crippen molar-refractivity contribution in [2.45, 2.75) is 18.9 Å². The van der Waals surface area contributed by atoms with Crippen LogP contribution in [0.3, 0.4) is 0 Å². The van der Waals surface area contributed by atoms with Gasteiger partial charge >= 0.3 is 0 Å². The number of anilines is 1. The summed E-state index contributed by atoms with van der Waals surface area (Å²) >= 11 is 0. The maximum absolute atomic E-state index is 12.4. The predicted molar refractivity (Wildman–Crippen MR) is 75.1 cm³/mol. The third kappa shape index (κ3) is 2.98. The van der Waals surface area contributed by atoms with E-state index in [9.17, 15) is 9.90 Å². The summed E-state index contributed by atoms with van der Waals surface area (Å²) in [4.78, 5) is 16.4. The summed E-state index contributed by atoms with van der Waals surface area (Å²) in [6.45, 7) is 1.47. The van der Waals surface area contributed by atoms with Gasteiger partial charge in [0, 0.05) is 24.8 Å². The molecule has 2 rings (SSSR count). The van der Waals surface area contributed by atoms with Crippen LogP contribution in [0.1, 0.15) is 23.2 Å². The number of carbonyl (C=O) groups is 1. The highest BCUT2D eigenvalue weighted by atomic mass is 16.3. The number of hydrogen-bond donors (Lipinski definition) is 2. The topological polar surface area (TPSA) is 69.8 Å². The van der Waals surface area contributed by atoms with Crippen LogP contribution >= 0.6 is 0 Å². The molecule has 0 atom stereocenters. The minimum atomic E-state index is -0.0920. The number of nitrogen functional groups attached to an aromatic ring is 1. The SMILES string of the molecule is CN(C)C1CCN(C(=O)c2cc(O)ccc2N)CC1. The number of benzene rings is 1. The quantitative estimate of drug-likeness (QED) is 0.620. The van der Waals surface area contributed by atoms with E-state index in [2.05, 4.69) is 19.0 Å². The summed E-state index contributed by atoms with van der Waals surface area (Å²) in [5, 5.41) is 9.47. The molecule has 0 radical (unpaired) electrons. The number of amides is 1. The third-order valence-corrected chi connectivity index (χ3v) is 3.75. The number of phenolic OH excluding ortho intramolecular Hbond substituents is 1. The van der Waals surface area contributed by atoms with Gasteiger partial charge in [0.25, 0.3) is 5.91 Å². The smallest absolute Gasteiger partial charge is 0.256 e. The normalized spacial score (nSPS) is 16.9. The highest BCUT2D eigenvalue weighted by molar-refractivity contribution is 5.99. The number of likely N-dealkylation sites (tertiary alicyclic amines) is 1. The van der Waals surface area contributed by atoms with Crippen molar-refractivity contribution in [2.24, 2.45) is 0 Å². The Hall–Kier alpha value is -1.75. The van der Waals surface area contributed by atoms with E-state index >= 15 is 0 Å². The van der Waals surface area contributed by atoms with Gasteiger partial charge < -0.3 is 20.6 Å². The number of carbonyl (C=O) groups excluding carboxylic acids is 1. The molecular weight excluding hydrogens is 242 g/mol. The van der Waals surface area contributed by atoms with Crippen molar-refractivity contribution in [3.05, 3.63) is 23.8 Å². The Kier molecular flexibility index (Phi) is 3.95. The summed E-state index contributed by atoms with van der Waals surface area (Å²) < 4.78 is 0. The molecule has 0 spiro atoms. The van der Waals surface area contributed by atoms with Crippen LogP contribution < -0.4 is 5.73 Å². The van der Waals surface area contributed by atoms with Gasteiger partial charge in [-0.3, -0.25) is 4.79 Å². The highest BCUT2D eigenvalue weighted by Crippen LogP contribution is 2.22. The molecule has 5 nitrogen and oxygen atoms in total. The first-order chi connectivity index (χ1) is 8.99. The Bertz CT molecular complexity index is 466. The number of phenols is 1. The van der Waals surface area contributed by atoms with Gasteiger partial charge in [0.15, 0.2) is 0 Å². The van der Waals surface area contributed by atoms with Gasteiger partial charge in [-0.05, 0) is 45.1 Å². The lowest BCUT2D eigenvalue weighted by Gasteiger charge is -2.35. The molecule has 0 aliphatic carbocycles. The van der Waals surface area contributed by atoms with E-state index in [1.807, 2.05) is 4.90 Å². The summed E-state index contributed by atoms with van der Waals surface area (Å²) in [7, 11) is 4.13. The van der Waals surface area contributed by atoms with Gasteiger partial charge in [-0.2, -0.15) is 0 Å². The number of aromatic hydroxyl groups is 1. The fraction of sp³-hybridized carbons (Fsp3) is 0.500. The maximum Gasteiger partial charge on any atom is 0.256 e. The van der Waals surface area contributed by atoms with Crippen LogP contribution in [-0.2, 0) is 0 Å². The zero-order valence-electron chi connectivity index (χ0n) is 11.5. The fourth-order valence-electron chi connectivity index (χ4n) is 2.49. The van der Waals surface area contributed by atoms with E-state index in [1.165, 1.54) is 12.1 Å². The van der Waals surface area contributed by atoms with Gasteiger partial charge in [0.1, 0.15) is 5.75 Å². The lowest BCUT2D eigenvalue weighted by molar-refractivity contribution is 0.0664. The minimum absolute atomic E-state index is 0.0701. The van der Waals surface area contributed by atoms with Gasteiger partial charge in [-0.1, -0.05) is 0 Å². The third-order valence-electron chi connectivity index (χ3n) is 3.75. The van der Waals surface area contributed by atoms with E-state index < -0.39 is 0 Å². The molecule has 1 amide bonds. The second kappa shape index (κ2) is 5.48. The summed E-state index contributed by atoms with van der Waals surface area (Å²) in [5.74, 6) is -0.0219. The number of nitrogens with zero attached hydrogens (tertiary/aromatic N) is 2. The average molecular weight is 263 g/mol. The predicted octanol–water partition coefficient (Wildman–Crippen LogP) is 1.14. The Morgan fingerprint density at radius 2 is 2.00 bits per heavy atom. The van der Waals surface area contributed by atoms with Crippen molar-refractivity contribution in [1.29, 1.82) is 0 Å². The van der Waals surface area contributed by atoms with Crippen LogP contribution in [0.2, 0.25) is 0 Å². The summed E-state index contributed by atoms with van der Waals surface area (Å²) in [6.07, 6.45) is 1.94. The van der Waals surface area contributed by atoms with Crippen molar-refractivity contribution in [2.75, 3.05) is 32.9 Å². The lowest BCUT2D eigenvalue weighted by Crippen LogP contribution is -2.44. The molecule has 3 N–H and O–H groups in total. The Balaban J connectivity index is 2.07. The monoisotopic (exact) mass is 263 g/mol. The molecule has 0 aromatic heterocycles. The first-order valence-corrected chi connectivity index (χ1v) is 6.53. The van der Waals surface area contributed by atoms with Gasteiger partial charge in [0.2, 0.25) is 0 Å². The van der Waals surface area contributed by atoms with E-state index in [-0.39, 0.29) is 11.7 Å². The molecule has 0 bridgehead atoms. The molecule has 19 heavy (non-hydrogen) atoms. The molecule has 1 aromatic rings. The van der Waals surface area contributed by atoms with Gasteiger partial charge in [-0.25, -0.2) is 0 Å². The van der Waals surface area contributed by atoms with Crippen LogP contribution in [0, 0.1) is 0 Å². The molecule has 1 aromatic carbocycles. The second-order valence-corrected chi connectivity index (χ2v) is 5.26. The first-order valence-electron chi connectivity index (χ1n) is 6.53. The number of rotatable bonds is 2. The van der Waals surface area contributed by atoms with Crippen molar-refractivity contribution < 1.29 is 9.90 Å². The molecule has 1 saturated heterocycles. The van der Waals surface area contributed by atoms with Crippen LogP contribution in [0.5, 0.6) is 5.75 Å². The molecule has 104 valence electrons. The van der Waals surface area contributed by atoms with Crippen molar-refractivity contribution in [3.8, 4) is 5.75 Å². The Morgan fingerprint density at radius 3 is 2.58 bits per heavy atom. The molecule has 0 unspecified atom stereocenters. The summed E-state index contributed by atoms with van der Waals surface area (Å²) in [5.41, 5.74) is 6.61. The largest absolute Gasteiger partial charge is 0.508 e. The molecule has 0 saturated carbocycles. The van der Waals surface area contributed by atoms with E-state index in [0.717, 1.165) is 25.9 Å². The Morgan fingerprint density at radius 1 is 1.37 bits per heavy atom. The van der Waals surface area contributed by atoms with Gasteiger partial charge in [0.05, 0.1) is 5.56 Å². The van der Waals surface area contributed by atoms with E-state index in [4.69, 9.17) is 5.73 Å². The Labute approximate surface area is 113 Å². The zero-order valence-corrected chi connectivity index (χ0v) is 11.5. The standard InChI is InChI=1S/C14H21N3O2/c1-16(2)10-5-7-17(8-6-10)14(19)12-9-11(18)3-4-13(12)15/h3-4,9-10,18H,5-8,15H2,1-2H3. The van der Waals surface area contributed by atoms with Crippen molar-refractivity contribution in [3.63, 3.8) is 0 Å². The second-order valence-electron chi connectivity index (χ2n) is 5.26. The number of piperidine rings is 1. The molecule has 1 aliphatic heterocycles. The van der Waals surface area contributed by atoms with Crippen LogP contribution in [0.4, 0.5) is 5.69 Å². The van der Waals surface area contributed by atoms with Gasteiger partial charge in [-0.15, -0.1) is 0 Å². The molecule has 1 heterocycles. The van der Waals surface area contributed by atoms with E-state index in [1.54, 1.807) is 6.07 Å². The average Bonchev–Trinajstić information content (AvgIpc) is 2.41. The fourth-order valence-corrected chi connectivity index (χ4v) is 2.49. The van der Waals surface area contributed by atoms with Crippen LogP contribution in [-0.4, -0.2) is 54.0 Å². The first kappa shape index (κ1) is 13.7. The summed E-state index contributed by atoms with van der Waals surface area (Å²) in [6, 6.07) is 5.03. The molecular formula is C14H21N3O2. The molecule has 5 heteroatoms. The zero-order chi connectivity index (χ0) is 14.0. The van der Waals surface area contributed by atoms with Crippen molar-refractivity contribution in [1.82, 2.24) is 9.80 Å². The number of hydrogen-bond acceptors (Lipinski definition) is 4. The minimum Gasteiger partial charge on any atom is -0.508 e. The number of nitrogens with two attached hydrogens (primary N) is 1. The molecule has 1 aliphatic rings.